The fourth-order valence-electron chi connectivity index (χ4n) is 3.72. The SMILES string of the molecule is CC(C)C(CS(=O)(=O)c1ccccc1)C(=O)CC1CCc2scnc2CNC(=O)C1=O. The Hall–Kier alpha value is -2.39. The zero-order valence-corrected chi connectivity index (χ0v) is 19.2. The van der Waals surface area contributed by atoms with E-state index in [1.807, 2.05) is 0 Å². The van der Waals surface area contributed by atoms with Crippen LogP contribution < -0.4 is 5.32 Å². The maximum absolute atomic E-state index is 13.1. The number of carbonyl (C=O) groups excluding carboxylic acids is 3. The van der Waals surface area contributed by atoms with Crippen molar-refractivity contribution in [2.75, 3.05) is 5.75 Å². The lowest BCUT2D eigenvalue weighted by atomic mass is 9.84. The second kappa shape index (κ2) is 9.82. The van der Waals surface area contributed by atoms with Gasteiger partial charge in [-0.1, -0.05) is 32.0 Å². The number of thiazole rings is 1. The molecule has 0 fully saturated rings. The van der Waals surface area contributed by atoms with Crippen molar-refractivity contribution in [3.05, 3.63) is 46.4 Å². The van der Waals surface area contributed by atoms with Crippen molar-refractivity contribution in [1.82, 2.24) is 10.3 Å². The summed E-state index contributed by atoms with van der Waals surface area (Å²) in [6.07, 6.45) is 0.754. The maximum Gasteiger partial charge on any atom is 0.287 e. The van der Waals surface area contributed by atoms with Crippen LogP contribution in [0.4, 0.5) is 0 Å². The first-order valence-electron chi connectivity index (χ1n) is 10.2. The quantitative estimate of drug-likeness (QED) is 0.633. The molecule has 3 rings (SSSR count). The highest BCUT2D eigenvalue weighted by Gasteiger charge is 2.34. The number of amides is 1. The molecular weight excluding hydrogens is 436 g/mol. The molecule has 0 bridgehead atoms. The highest BCUT2D eigenvalue weighted by atomic mass is 32.2. The van der Waals surface area contributed by atoms with Crippen LogP contribution in [0.5, 0.6) is 0 Å². The molecule has 7 nitrogen and oxygen atoms in total. The third-order valence-electron chi connectivity index (χ3n) is 5.62. The molecule has 2 aromatic rings. The lowest BCUT2D eigenvalue weighted by Crippen LogP contribution is -2.37. The summed E-state index contributed by atoms with van der Waals surface area (Å²) in [5.41, 5.74) is 2.44. The van der Waals surface area contributed by atoms with Crippen LogP contribution in [-0.2, 0) is 37.2 Å². The molecule has 2 heterocycles. The Morgan fingerprint density at radius 1 is 1.23 bits per heavy atom. The van der Waals surface area contributed by atoms with Crippen molar-refractivity contribution in [1.29, 1.82) is 0 Å². The van der Waals surface area contributed by atoms with Crippen LogP contribution in [-0.4, -0.2) is 36.6 Å². The fourth-order valence-corrected chi connectivity index (χ4v) is 6.33. The molecule has 2 atom stereocenters. The number of Topliss-reactive ketones (excluding diaryl/α,β-unsaturated/α-hetero) is 2. The summed E-state index contributed by atoms with van der Waals surface area (Å²) in [5, 5.41) is 2.58. The number of nitrogens with zero attached hydrogens (tertiary/aromatic N) is 1. The number of hydrogen-bond acceptors (Lipinski definition) is 7. The van der Waals surface area contributed by atoms with Gasteiger partial charge in [0.25, 0.3) is 5.91 Å². The molecule has 1 aromatic heterocycles. The van der Waals surface area contributed by atoms with E-state index in [0.717, 1.165) is 10.6 Å². The Labute approximate surface area is 186 Å². The van der Waals surface area contributed by atoms with Crippen molar-refractivity contribution in [3.8, 4) is 0 Å². The molecule has 166 valence electrons. The molecule has 0 radical (unpaired) electrons. The number of rotatable bonds is 7. The summed E-state index contributed by atoms with van der Waals surface area (Å²) in [4.78, 5) is 43.4. The van der Waals surface area contributed by atoms with Crippen LogP contribution in [0.15, 0.2) is 40.7 Å². The zero-order chi connectivity index (χ0) is 22.6. The lowest BCUT2D eigenvalue weighted by molar-refractivity contribution is -0.141. The number of ketones is 2. The predicted molar refractivity (Wildman–Crippen MR) is 117 cm³/mol. The van der Waals surface area contributed by atoms with E-state index in [4.69, 9.17) is 0 Å². The van der Waals surface area contributed by atoms with Gasteiger partial charge in [-0.05, 0) is 30.9 Å². The van der Waals surface area contributed by atoms with Crippen molar-refractivity contribution in [3.63, 3.8) is 0 Å². The van der Waals surface area contributed by atoms with Crippen LogP contribution in [0.1, 0.15) is 37.3 Å². The number of aromatic nitrogens is 1. The standard InChI is InChI=1S/C22H26N2O5S2/c1-14(2)17(12-31(28,29)16-6-4-3-5-7-16)19(25)10-15-8-9-20-18(24-13-30-20)11-23-22(27)21(15)26/h3-7,13-15,17H,8-12H2,1-2H3,(H,23,27). The molecule has 9 heteroatoms. The molecule has 0 spiro atoms. The number of benzene rings is 1. The average Bonchev–Trinajstić information content (AvgIpc) is 3.20. The Bertz CT molecular complexity index is 1060. The summed E-state index contributed by atoms with van der Waals surface area (Å²) >= 11 is 1.46. The topological polar surface area (TPSA) is 110 Å². The van der Waals surface area contributed by atoms with Gasteiger partial charge >= 0.3 is 0 Å². The van der Waals surface area contributed by atoms with E-state index in [2.05, 4.69) is 10.3 Å². The predicted octanol–water partition coefficient (Wildman–Crippen LogP) is 2.60. The van der Waals surface area contributed by atoms with Gasteiger partial charge in [0.1, 0.15) is 5.78 Å². The van der Waals surface area contributed by atoms with E-state index in [9.17, 15) is 22.8 Å². The lowest BCUT2D eigenvalue weighted by Gasteiger charge is -2.22. The van der Waals surface area contributed by atoms with Gasteiger partial charge in [0.15, 0.2) is 9.84 Å². The number of carbonyl (C=O) groups is 3. The van der Waals surface area contributed by atoms with Gasteiger partial charge in [0.05, 0.1) is 28.4 Å². The third kappa shape index (κ3) is 5.65. The molecule has 1 aromatic carbocycles. The van der Waals surface area contributed by atoms with E-state index in [-0.39, 0.29) is 35.3 Å². The number of fused-ring (bicyclic) bond motifs is 1. The summed E-state index contributed by atoms with van der Waals surface area (Å²) in [6, 6.07) is 8.03. The van der Waals surface area contributed by atoms with Crippen molar-refractivity contribution < 1.29 is 22.8 Å². The maximum atomic E-state index is 13.1. The Kier molecular flexibility index (Phi) is 7.38. The molecule has 2 unspecified atom stereocenters. The van der Waals surface area contributed by atoms with Gasteiger partial charge < -0.3 is 5.32 Å². The molecule has 31 heavy (non-hydrogen) atoms. The monoisotopic (exact) mass is 462 g/mol. The minimum absolute atomic E-state index is 0.145. The summed E-state index contributed by atoms with van der Waals surface area (Å²) in [7, 11) is -3.66. The van der Waals surface area contributed by atoms with Crippen LogP contribution in [0.25, 0.3) is 0 Å². The van der Waals surface area contributed by atoms with E-state index in [1.54, 1.807) is 37.6 Å². The molecule has 1 N–H and O–H groups in total. The second-order valence-corrected chi connectivity index (χ2v) is 11.1. The smallest absolute Gasteiger partial charge is 0.287 e. The van der Waals surface area contributed by atoms with E-state index in [0.29, 0.717) is 12.8 Å². The minimum Gasteiger partial charge on any atom is -0.344 e. The summed E-state index contributed by atoms with van der Waals surface area (Å²) in [5.74, 6) is -3.73. The van der Waals surface area contributed by atoms with Crippen molar-refractivity contribution in [2.24, 2.45) is 17.8 Å². The first-order chi connectivity index (χ1) is 14.7. The highest BCUT2D eigenvalue weighted by Crippen LogP contribution is 2.26. The third-order valence-corrected chi connectivity index (χ3v) is 8.35. The van der Waals surface area contributed by atoms with Crippen LogP contribution in [0.3, 0.4) is 0 Å². The summed E-state index contributed by atoms with van der Waals surface area (Å²) < 4.78 is 25.6. The molecule has 0 saturated carbocycles. The molecule has 1 aliphatic heterocycles. The Morgan fingerprint density at radius 2 is 1.94 bits per heavy atom. The van der Waals surface area contributed by atoms with Crippen LogP contribution in [0.2, 0.25) is 0 Å². The minimum atomic E-state index is -3.66. The molecule has 0 saturated heterocycles. The van der Waals surface area contributed by atoms with Gasteiger partial charge in [-0.15, -0.1) is 11.3 Å². The molecule has 0 aliphatic carbocycles. The van der Waals surface area contributed by atoms with Gasteiger partial charge in [-0.25, -0.2) is 13.4 Å². The summed E-state index contributed by atoms with van der Waals surface area (Å²) in [6.45, 7) is 3.78. The molecule has 1 aliphatic rings. The molecule has 1 amide bonds. The van der Waals surface area contributed by atoms with E-state index in [1.165, 1.54) is 23.5 Å². The van der Waals surface area contributed by atoms with E-state index < -0.39 is 33.4 Å². The van der Waals surface area contributed by atoms with E-state index >= 15 is 0 Å². The average molecular weight is 463 g/mol. The largest absolute Gasteiger partial charge is 0.344 e. The number of hydrogen-bond donors (Lipinski definition) is 1. The number of aryl methyl sites for hydroxylation is 1. The van der Waals surface area contributed by atoms with Crippen molar-refractivity contribution >= 4 is 38.6 Å². The number of nitrogens with one attached hydrogen (secondary N) is 1. The number of sulfone groups is 1. The normalized spacial score (nSPS) is 18.5. The van der Waals surface area contributed by atoms with Crippen molar-refractivity contribution in [2.45, 2.75) is 44.6 Å². The Balaban J connectivity index is 1.77. The zero-order valence-electron chi connectivity index (χ0n) is 17.5. The van der Waals surface area contributed by atoms with Crippen LogP contribution in [0, 0.1) is 17.8 Å². The first kappa shape index (κ1) is 23.3. The van der Waals surface area contributed by atoms with Crippen LogP contribution >= 0.6 is 11.3 Å². The van der Waals surface area contributed by atoms with Gasteiger partial charge in [0.2, 0.25) is 5.78 Å². The highest BCUT2D eigenvalue weighted by molar-refractivity contribution is 7.91. The fraction of sp³-hybridized carbons (Fsp3) is 0.455. The van der Waals surface area contributed by atoms with Gasteiger partial charge in [-0.3, -0.25) is 14.4 Å². The first-order valence-corrected chi connectivity index (χ1v) is 12.8. The second-order valence-electron chi connectivity index (χ2n) is 8.12. The van der Waals surface area contributed by atoms with Gasteiger partial charge in [-0.2, -0.15) is 0 Å². The Morgan fingerprint density at radius 3 is 2.61 bits per heavy atom. The van der Waals surface area contributed by atoms with Gasteiger partial charge in [0, 0.05) is 23.1 Å². The molecular formula is C22H26N2O5S2.